The lowest BCUT2D eigenvalue weighted by molar-refractivity contribution is 0.0984. The van der Waals surface area contributed by atoms with Crippen molar-refractivity contribution < 1.29 is 19.0 Å². The van der Waals surface area contributed by atoms with Crippen LogP contribution >= 0.6 is 23.2 Å². The first-order valence-corrected chi connectivity index (χ1v) is 5.32. The molecule has 1 aliphatic heterocycles. The summed E-state index contributed by atoms with van der Waals surface area (Å²) in [5.74, 6) is 0.383. The number of ether oxygens (including phenoxy) is 3. The highest BCUT2D eigenvalue weighted by Gasteiger charge is 2.26. The first kappa shape index (κ1) is 11.4. The van der Waals surface area contributed by atoms with Crippen LogP contribution in [-0.2, 0) is 9.47 Å². The van der Waals surface area contributed by atoms with E-state index in [9.17, 15) is 4.79 Å². The first-order valence-electron chi connectivity index (χ1n) is 4.57. The van der Waals surface area contributed by atoms with Gasteiger partial charge in [-0.1, -0.05) is 29.3 Å². The SMILES string of the molecule is O=C1OCC(COc2c(Cl)cccc2Cl)O1. The van der Waals surface area contributed by atoms with E-state index in [-0.39, 0.29) is 13.2 Å². The molecule has 4 nitrogen and oxygen atoms in total. The van der Waals surface area contributed by atoms with Gasteiger partial charge in [-0.3, -0.25) is 0 Å². The normalized spacial score (nSPS) is 19.1. The molecule has 1 unspecified atom stereocenters. The number of benzene rings is 1. The van der Waals surface area contributed by atoms with Crippen LogP contribution in [0.25, 0.3) is 0 Å². The second-order valence-corrected chi connectivity index (χ2v) is 3.98. The lowest BCUT2D eigenvalue weighted by Gasteiger charge is -2.11. The zero-order valence-electron chi connectivity index (χ0n) is 8.11. The molecule has 1 aromatic rings. The molecule has 0 N–H and O–H groups in total. The summed E-state index contributed by atoms with van der Waals surface area (Å²) in [4.78, 5) is 10.6. The van der Waals surface area contributed by atoms with Gasteiger partial charge in [-0.15, -0.1) is 0 Å². The van der Waals surface area contributed by atoms with Gasteiger partial charge in [0.05, 0.1) is 10.0 Å². The molecular weight excluding hydrogens is 255 g/mol. The minimum atomic E-state index is -0.682. The van der Waals surface area contributed by atoms with Gasteiger partial charge in [0.1, 0.15) is 13.2 Å². The van der Waals surface area contributed by atoms with E-state index in [4.69, 9.17) is 32.7 Å². The Balaban J connectivity index is 1.97. The standard InChI is InChI=1S/C10H8Cl2O4/c11-7-2-1-3-8(12)9(7)14-4-6-5-15-10(13)16-6/h1-3,6H,4-5H2. The molecule has 0 aromatic heterocycles. The summed E-state index contributed by atoms with van der Waals surface area (Å²) in [7, 11) is 0. The minimum Gasteiger partial charge on any atom is -0.486 e. The van der Waals surface area contributed by atoms with Crippen molar-refractivity contribution in [1.82, 2.24) is 0 Å². The monoisotopic (exact) mass is 262 g/mol. The molecule has 6 heteroatoms. The van der Waals surface area contributed by atoms with Crippen molar-refractivity contribution in [3.63, 3.8) is 0 Å². The molecule has 1 atom stereocenters. The fourth-order valence-corrected chi connectivity index (χ4v) is 1.75. The Labute approximate surface area is 102 Å². The number of cyclic esters (lactones) is 2. The smallest absolute Gasteiger partial charge is 0.486 e. The molecule has 1 aliphatic rings. The Morgan fingerprint density at radius 1 is 1.38 bits per heavy atom. The molecule has 1 saturated heterocycles. The Morgan fingerprint density at radius 3 is 2.62 bits per heavy atom. The average molecular weight is 263 g/mol. The number of para-hydroxylation sites is 1. The summed E-state index contributed by atoms with van der Waals surface area (Å²) < 4.78 is 14.8. The fraction of sp³-hybridized carbons (Fsp3) is 0.300. The predicted octanol–water partition coefficient (Wildman–Crippen LogP) is 2.91. The third kappa shape index (κ3) is 2.51. The van der Waals surface area contributed by atoms with Gasteiger partial charge >= 0.3 is 6.16 Å². The maximum Gasteiger partial charge on any atom is 0.508 e. The molecule has 16 heavy (non-hydrogen) atoms. The van der Waals surface area contributed by atoms with E-state index < -0.39 is 12.3 Å². The molecule has 2 rings (SSSR count). The molecule has 0 saturated carbocycles. The van der Waals surface area contributed by atoms with E-state index in [0.717, 1.165) is 0 Å². The van der Waals surface area contributed by atoms with Gasteiger partial charge < -0.3 is 14.2 Å². The molecule has 0 aliphatic carbocycles. The van der Waals surface area contributed by atoms with Crippen LogP contribution in [0, 0.1) is 0 Å². The summed E-state index contributed by atoms with van der Waals surface area (Å²) in [5, 5.41) is 0.829. The first-order chi connectivity index (χ1) is 7.66. The van der Waals surface area contributed by atoms with Crippen molar-refractivity contribution in [2.24, 2.45) is 0 Å². The third-order valence-electron chi connectivity index (χ3n) is 1.98. The lowest BCUT2D eigenvalue weighted by atomic mass is 10.3. The number of hydrogen-bond acceptors (Lipinski definition) is 4. The summed E-state index contributed by atoms with van der Waals surface area (Å²) in [5.41, 5.74) is 0. The number of hydrogen-bond donors (Lipinski definition) is 0. The van der Waals surface area contributed by atoms with Crippen molar-refractivity contribution in [1.29, 1.82) is 0 Å². The van der Waals surface area contributed by atoms with Gasteiger partial charge in [-0.2, -0.15) is 0 Å². The van der Waals surface area contributed by atoms with Crippen molar-refractivity contribution >= 4 is 29.4 Å². The fourth-order valence-electron chi connectivity index (χ4n) is 1.24. The Hall–Kier alpha value is -1.13. The van der Waals surface area contributed by atoms with E-state index in [1.165, 1.54) is 0 Å². The largest absolute Gasteiger partial charge is 0.508 e. The molecule has 0 amide bonds. The second kappa shape index (κ2) is 4.80. The zero-order valence-corrected chi connectivity index (χ0v) is 9.62. The van der Waals surface area contributed by atoms with Crippen molar-refractivity contribution in [3.8, 4) is 5.75 Å². The minimum absolute atomic E-state index is 0.162. The number of carbonyl (C=O) groups is 1. The summed E-state index contributed by atoms with van der Waals surface area (Å²) in [6.45, 7) is 0.343. The number of carbonyl (C=O) groups excluding carboxylic acids is 1. The summed E-state index contributed by atoms with van der Waals surface area (Å²) in [6.07, 6.45) is -1.10. The zero-order chi connectivity index (χ0) is 11.5. The molecule has 1 heterocycles. The molecule has 0 radical (unpaired) electrons. The van der Waals surface area contributed by atoms with Crippen LogP contribution in [0.1, 0.15) is 0 Å². The Bertz CT molecular complexity index is 388. The van der Waals surface area contributed by atoms with Gasteiger partial charge in [0, 0.05) is 0 Å². The van der Waals surface area contributed by atoms with Crippen LogP contribution in [-0.4, -0.2) is 25.5 Å². The van der Waals surface area contributed by atoms with E-state index in [0.29, 0.717) is 15.8 Å². The van der Waals surface area contributed by atoms with Gasteiger partial charge in [0.15, 0.2) is 11.9 Å². The molecule has 1 aromatic carbocycles. The highest BCUT2D eigenvalue weighted by Crippen LogP contribution is 2.32. The van der Waals surface area contributed by atoms with Crippen LogP contribution in [0.4, 0.5) is 4.79 Å². The lowest BCUT2D eigenvalue weighted by Crippen LogP contribution is -2.20. The quantitative estimate of drug-likeness (QED) is 0.786. The maximum atomic E-state index is 10.6. The Kier molecular flexibility index (Phi) is 3.41. The predicted molar refractivity (Wildman–Crippen MR) is 58.2 cm³/mol. The topological polar surface area (TPSA) is 44.8 Å². The summed E-state index contributed by atoms with van der Waals surface area (Å²) >= 11 is 11.8. The number of halogens is 2. The van der Waals surface area contributed by atoms with Crippen molar-refractivity contribution in [3.05, 3.63) is 28.2 Å². The van der Waals surface area contributed by atoms with Gasteiger partial charge in [-0.05, 0) is 12.1 Å². The summed E-state index contributed by atoms with van der Waals surface area (Å²) in [6, 6.07) is 5.05. The highest BCUT2D eigenvalue weighted by molar-refractivity contribution is 6.37. The number of rotatable bonds is 3. The van der Waals surface area contributed by atoms with Crippen LogP contribution in [0.2, 0.25) is 10.0 Å². The molecule has 0 bridgehead atoms. The van der Waals surface area contributed by atoms with Crippen LogP contribution in [0.5, 0.6) is 5.75 Å². The third-order valence-corrected chi connectivity index (χ3v) is 2.58. The molecule has 1 fully saturated rings. The van der Waals surface area contributed by atoms with E-state index in [1.807, 2.05) is 0 Å². The van der Waals surface area contributed by atoms with Crippen LogP contribution < -0.4 is 4.74 Å². The molecule has 0 spiro atoms. The van der Waals surface area contributed by atoms with Gasteiger partial charge in [-0.25, -0.2) is 4.79 Å². The maximum absolute atomic E-state index is 10.6. The molecule has 86 valence electrons. The van der Waals surface area contributed by atoms with E-state index in [1.54, 1.807) is 18.2 Å². The Morgan fingerprint density at radius 2 is 2.06 bits per heavy atom. The van der Waals surface area contributed by atoms with E-state index in [2.05, 4.69) is 4.74 Å². The van der Waals surface area contributed by atoms with Crippen molar-refractivity contribution in [2.45, 2.75) is 6.10 Å². The second-order valence-electron chi connectivity index (χ2n) is 3.16. The van der Waals surface area contributed by atoms with Crippen LogP contribution in [0.15, 0.2) is 18.2 Å². The molecular formula is C10H8Cl2O4. The van der Waals surface area contributed by atoms with E-state index >= 15 is 0 Å². The van der Waals surface area contributed by atoms with Crippen molar-refractivity contribution in [2.75, 3.05) is 13.2 Å². The average Bonchev–Trinajstić information content (AvgIpc) is 2.63. The van der Waals surface area contributed by atoms with Crippen LogP contribution in [0.3, 0.4) is 0 Å². The van der Waals surface area contributed by atoms with Gasteiger partial charge in [0.25, 0.3) is 0 Å². The highest BCUT2D eigenvalue weighted by atomic mass is 35.5. The van der Waals surface area contributed by atoms with Gasteiger partial charge in [0.2, 0.25) is 0 Å².